The van der Waals surface area contributed by atoms with Crippen LogP contribution in [0.25, 0.3) is 0 Å². The third kappa shape index (κ3) is 9.76. The van der Waals surface area contributed by atoms with Gasteiger partial charge in [-0.1, -0.05) is 0 Å². The molecule has 0 spiro atoms. The number of carbonyl (C=O) groups excluding carboxylic acids is 1. The summed E-state index contributed by atoms with van der Waals surface area (Å²) in [5.74, 6) is 1.59. The molecule has 0 saturated heterocycles. The quantitative estimate of drug-likeness (QED) is 0.412. The number of hydrogen-bond acceptors (Lipinski definition) is 3. The van der Waals surface area contributed by atoms with Crippen LogP contribution in [0.4, 0.5) is 4.79 Å². The number of guanidine groups is 1. The lowest BCUT2D eigenvalue weighted by Crippen LogP contribution is -2.43. The minimum absolute atomic E-state index is 0. The molecule has 1 rings (SSSR count). The van der Waals surface area contributed by atoms with Gasteiger partial charge in [0, 0.05) is 33.7 Å². The normalized spacial score (nSPS) is 15.0. The summed E-state index contributed by atoms with van der Waals surface area (Å²) < 4.78 is 5.28. The minimum Gasteiger partial charge on any atom is -0.444 e. The number of nitrogens with one attached hydrogen (secondary N) is 2. The van der Waals surface area contributed by atoms with Crippen molar-refractivity contribution in [2.24, 2.45) is 10.9 Å². The summed E-state index contributed by atoms with van der Waals surface area (Å²) in [4.78, 5) is 17.5. The Morgan fingerprint density at radius 2 is 1.95 bits per heavy atom. The summed E-state index contributed by atoms with van der Waals surface area (Å²) in [6.45, 7) is 7.77. The van der Waals surface area contributed by atoms with Gasteiger partial charge >= 0.3 is 6.09 Å². The first-order valence-corrected chi connectivity index (χ1v) is 7.20. The van der Waals surface area contributed by atoms with Crippen molar-refractivity contribution in [3.05, 3.63) is 0 Å². The van der Waals surface area contributed by atoms with Crippen LogP contribution < -0.4 is 10.6 Å². The summed E-state index contributed by atoms with van der Waals surface area (Å²) in [5.41, 5.74) is -0.458. The van der Waals surface area contributed by atoms with Gasteiger partial charge in [0.05, 0.1) is 0 Å². The van der Waals surface area contributed by atoms with Gasteiger partial charge in [-0.15, -0.1) is 24.0 Å². The molecule has 2 N–H and O–H groups in total. The van der Waals surface area contributed by atoms with Crippen LogP contribution >= 0.6 is 24.0 Å². The zero-order valence-corrected chi connectivity index (χ0v) is 16.1. The summed E-state index contributed by atoms with van der Waals surface area (Å²) in [7, 11) is 3.48. The highest BCUT2D eigenvalue weighted by Crippen LogP contribution is 2.27. The highest BCUT2D eigenvalue weighted by molar-refractivity contribution is 14.0. The molecule has 0 aliphatic heterocycles. The summed E-state index contributed by atoms with van der Waals surface area (Å²) in [6.07, 6.45) is 2.32. The van der Waals surface area contributed by atoms with Crippen molar-refractivity contribution in [3.8, 4) is 0 Å². The molecule has 1 fully saturated rings. The van der Waals surface area contributed by atoms with Crippen LogP contribution in [0, 0.1) is 5.92 Å². The molecule has 0 heterocycles. The van der Waals surface area contributed by atoms with Gasteiger partial charge in [-0.2, -0.15) is 0 Å². The smallest absolute Gasteiger partial charge is 0.410 e. The van der Waals surface area contributed by atoms with Crippen LogP contribution in [0.1, 0.15) is 33.6 Å². The first-order chi connectivity index (χ1) is 9.31. The Balaban J connectivity index is 0.00000400. The monoisotopic (exact) mass is 412 g/mol. The second-order valence-corrected chi connectivity index (χ2v) is 6.23. The summed E-state index contributed by atoms with van der Waals surface area (Å²) >= 11 is 0. The average Bonchev–Trinajstić information content (AvgIpc) is 3.15. The first kappa shape index (κ1) is 20.3. The van der Waals surface area contributed by atoms with Gasteiger partial charge in [-0.25, -0.2) is 4.79 Å². The van der Waals surface area contributed by atoms with Gasteiger partial charge in [0.1, 0.15) is 5.60 Å². The van der Waals surface area contributed by atoms with Gasteiger partial charge in [0.15, 0.2) is 5.96 Å². The number of nitrogens with zero attached hydrogens (tertiary/aromatic N) is 2. The second kappa shape index (κ2) is 9.32. The predicted octanol–water partition coefficient (Wildman–Crippen LogP) is 2.05. The molecule has 0 atom stereocenters. The fraction of sp³-hybridized carbons (Fsp3) is 0.857. The van der Waals surface area contributed by atoms with Gasteiger partial charge in [-0.05, 0) is 39.5 Å². The Kier molecular flexibility index (Phi) is 9.00. The third-order valence-electron chi connectivity index (χ3n) is 2.92. The van der Waals surface area contributed by atoms with Gasteiger partial charge in [0.25, 0.3) is 0 Å². The lowest BCUT2D eigenvalue weighted by atomic mass is 10.2. The molecule has 0 aromatic carbocycles. The minimum atomic E-state index is -0.458. The average molecular weight is 412 g/mol. The SMILES string of the molecule is CN=C(NCCN(C)C(=O)OC(C)(C)C)NCC1CC1.I. The van der Waals surface area contributed by atoms with Crippen molar-refractivity contribution in [2.75, 3.05) is 33.7 Å². The van der Waals surface area contributed by atoms with Gasteiger partial charge in [0.2, 0.25) is 0 Å². The second-order valence-electron chi connectivity index (χ2n) is 6.23. The number of ether oxygens (including phenoxy) is 1. The van der Waals surface area contributed by atoms with Crippen molar-refractivity contribution in [3.63, 3.8) is 0 Å². The molecule has 0 aromatic rings. The van der Waals surface area contributed by atoms with Gasteiger partial charge < -0.3 is 20.3 Å². The number of aliphatic imine (C=N–C) groups is 1. The Morgan fingerprint density at radius 3 is 2.43 bits per heavy atom. The van der Waals surface area contributed by atoms with E-state index in [0.29, 0.717) is 13.1 Å². The van der Waals surface area contributed by atoms with Crippen molar-refractivity contribution >= 4 is 36.0 Å². The number of carbonyl (C=O) groups is 1. The highest BCUT2D eigenvalue weighted by atomic mass is 127. The molecule has 6 nitrogen and oxygen atoms in total. The maximum atomic E-state index is 11.8. The van der Waals surface area contributed by atoms with E-state index in [1.807, 2.05) is 20.8 Å². The van der Waals surface area contributed by atoms with E-state index in [4.69, 9.17) is 4.74 Å². The van der Waals surface area contributed by atoms with Crippen molar-refractivity contribution in [1.82, 2.24) is 15.5 Å². The van der Waals surface area contributed by atoms with E-state index in [9.17, 15) is 4.79 Å². The number of halogens is 1. The zero-order chi connectivity index (χ0) is 15.2. The third-order valence-corrected chi connectivity index (χ3v) is 2.92. The van der Waals surface area contributed by atoms with E-state index in [2.05, 4.69) is 15.6 Å². The van der Waals surface area contributed by atoms with Crippen LogP contribution in [0.2, 0.25) is 0 Å². The fourth-order valence-electron chi connectivity index (χ4n) is 1.56. The molecule has 1 aliphatic carbocycles. The van der Waals surface area contributed by atoms with Crippen molar-refractivity contribution in [2.45, 2.75) is 39.2 Å². The molecule has 7 heteroatoms. The summed E-state index contributed by atoms with van der Waals surface area (Å²) in [5, 5.41) is 6.47. The van der Waals surface area contributed by atoms with Crippen molar-refractivity contribution < 1.29 is 9.53 Å². The predicted molar refractivity (Wildman–Crippen MR) is 96.4 cm³/mol. The molecule has 1 amide bonds. The summed E-state index contributed by atoms with van der Waals surface area (Å²) in [6, 6.07) is 0. The van der Waals surface area contributed by atoms with Crippen molar-refractivity contribution in [1.29, 1.82) is 0 Å². The Morgan fingerprint density at radius 1 is 1.33 bits per heavy atom. The number of rotatable bonds is 5. The molecule has 124 valence electrons. The van der Waals surface area contributed by atoms with E-state index in [-0.39, 0.29) is 30.1 Å². The Bertz CT molecular complexity index is 351. The standard InChI is InChI=1S/C14H28N4O2.HI/c1-14(2,3)20-13(19)18(5)9-8-16-12(15-4)17-10-11-6-7-11;/h11H,6-10H2,1-5H3,(H2,15,16,17);1H. The lowest BCUT2D eigenvalue weighted by molar-refractivity contribution is 0.0302. The molecule has 21 heavy (non-hydrogen) atoms. The van der Waals surface area contributed by atoms with E-state index in [1.165, 1.54) is 12.8 Å². The highest BCUT2D eigenvalue weighted by Gasteiger charge is 2.21. The van der Waals surface area contributed by atoms with Crippen LogP contribution in [0.3, 0.4) is 0 Å². The van der Waals surface area contributed by atoms with E-state index >= 15 is 0 Å². The van der Waals surface area contributed by atoms with E-state index < -0.39 is 5.60 Å². The van der Waals surface area contributed by atoms with Crippen LogP contribution in [0.15, 0.2) is 4.99 Å². The molecule has 1 saturated carbocycles. The number of likely N-dealkylation sites (N-methyl/N-ethyl adjacent to an activating group) is 1. The molecule has 1 aliphatic rings. The first-order valence-electron chi connectivity index (χ1n) is 7.20. The maximum absolute atomic E-state index is 11.8. The topological polar surface area (TPSA) is 66.0 Å². The maximum Gasteiger partial charge on any atom is 0.410 e. The number of amides is 1. The van der Waals surface area contributed by atoms with Gasteiger partial charge in [-0.3, -0.25) is 4.99 Å². The number of hydrogen-bond donors (Lipinski definition) is 2. The van der Waals surface area contributed by atoms with Crippen LogP contribution in [-0.2, 0) is 4.74 Å². The zero-order valence-electron chi connectivity index (χ0n) is 13.7. The molecular formula is C14H29IN4O2. The van der Waals surface area contributed by atoms with Crippen LogP contribution in [-0.4, -0.2) is 56.3 Å². The Hall–Kier alpha value is -0.730. The molecule has 0 aromatic heterocycles. The Labute approximate surface area is 145 Å². The lowest BCUT2D eigenvalue weighted by Gasteiger charge is -2.24. The fourth-order valence-corrected chi connectivity index (χ4v) is 1.56. The molecule has 0 radical (unpaired) electrons. The van der Waals surface area contributed by atoms with E-state index in [1.54, 1.807) is 19.0 Å². The molecule has 0 unspecified atom stereocenters. The molecule has 0 bridgehead atoms. The van der Waals surface area contributed by atoms with Crippen LogP contribution in [0.5, 0.6) is 0 Å². The van der Waals surface area contributed by atoms with E-state index in [0.717, 1.165) is 18.4 Å². The molecular weight excluding hydrogens is 383 g/mol. The largest absolute Gasteiger partial charge is 0.444 e.